The Morgan fingerprint density at radius 2 is 1.23 bits per heavy atom. The normalized spacial score (nSPS) is 17.2. The Labute approximate surface area is 557 Å². The maximum Gasteiger partial charge on any atom is 0.407 e. The molecule has 0 unspecified atom stereocenters. The Balaban J connectivity index is 1.51. The summed E-state index contributed by atoms with van der Waals surface area (Å²) in [5.74, 6) is -5.44. The Morgan fingerprint density at radius 1 is 0.649 bits per heavy atom. The first-order valence-corrected chi connectivity index (χ1v) is 33.5. The van der Waals surface area contributed by atoms with E-state index in [0.717, 1.165) is 28.0 Å². The summed E-state index contributed by atoms with van der Waals surface area (Å²) in [7, 11) is 5.99. The second kappa shape index (κ2) is 34.5. The molecular weight excluding hydrogens is 1200 g/mol. The highest BCUT2D eigenvalue weighted by atomic mass is 16.4. The molecule has 5 N–H and O–H groups in total. The van der Waals surface area contributed by atoms with E-state index in [0.29, 0.717) is 50.4 Å². The minimum absolute atomic E-state index is 0.0337. The largest absolute Gasteiger partial charge is 0.465 e. The molecule has 23 nitrogen and oxygen atoms in total. The number of carboxylic acid groups (broad SMARTS) is 1. The van der Waals surface area contributed by atoms with Crippen molar-refractivity contribution in [3.63, 3.8) is 0 Å². The standard InChI is InChI=1S/C71H107N11O12/c1-18-46(9)38-58(84)77(15)60(44(5)6)64(86)74-54(40-49-25-21-20-22-26-49)66(88)76(14)56(41-50-27-23-28-51(39-50)52-30-31-57(72-42-52)80-33-35-81(36-34-80)70(92)93)68(90)82-32-24-29-55(82)63(85)75-59(47(10)19-2)69(91)78(16)61(45(7)8)65(87)73-53(37-43(3)4)67(89)79(17)62(48(11)83)71(12,13)94/h20-23,25-28,30-31,39,42-47,53-56,59-62,94H,18-19,24,29,32-38,40-41H2,1-17H3,(H,73,87)(H,74,86)(H,75,85)(H,92,93)/t46-,47-,53-,54-,55-,56-,59-,60-,61-,62+/m0/s1. The van der Waals surface area contributed by atoms with Crippen LogP contribution in [0.1, 0.15) is 140 Å². The van der Waals surface area contributed by atoms with Crippen LogP contribution in [-0.4, -0.2) is 219 Å². The van der Waals surface area contributed by atoms with Gasteiger partial charge in [-0.25, -0.2) is 9.78 Å². The zero-order valence-electron chi connectivity index (χ0n) is 58.7. The number of amides is 9. The molecule has 0 radical (unpaired) electrons. The lowest BCUT2D eigenvalue weighted by atomic mass is 9.92. The molecule has 23 heteroatoms. The van der Waals surface area contributed by atoms with E-state index < -0.39 is 119 Å². The number of nitrogens with one attached hydrogen (secondary N) is 3. The fourth-order valence-electron chi connectivity index (χ4n) is 13.0. The fourth-order valence-corrected chi connectivity index (χ4v) is 13.0. The molecule has 94 heavy (non-hydrogen) atoms. The van der Waals surface area contributed by atoms with Crippen molar-refractivity contribution in [2.75, 3.05) is 65.8 Å². The first-order valence-electron chi connectivity index (χ1n) is 33.5. The molecule has 2 aliphatic rings. The molecular formula is C71H107N11O12. The second-order valence-corrected chi connectivity index (χ2v) is 27.7. The van der Waals surface area contributed by atoms with Crippen LogP contribution in [0.5, 0.6) is 0 Å². The number of nitrogens with zero attached hydrogens (tertiary/aromatic N) is 8. The summed E-state index contributed by atoms with van der Waals surface area (Å²) in [6, 6.07) is 11.2. The number of hydrogen-bond donors (Lipinski definition) is 5. The summed E-state index contributed by atoms with van der Waals surface area (Å²) in [6.45, 7) is 24.5. The number of aliphatic hydroxyl groups is 1. The van der Waals surface area contributed by atoms with Crippen LogP contribution in [0.3, 0.4) is 0 Å². The topological polar surface area (TPSA) is 283 Å². The van der Waals surface area contributed by atoms with E-state index in [-0.39, 0.29) is 62.3 Å². The van der Waals surface area contributed by atoms with Crippen molar-refractivity contribution in [2.45, 2.75) is 195 Å². The zero-order chi connectivity index (χ0) is 70.2. The van der Waals surface area contributed by atoms with E-state index in [1.165, 1.54) is 66.4 Å². The van der Waals surface area contributed by atoms with Crippen molar-refractivity contribution >= 4 is 65.0 Å². The number of pyridine rings is 1. The van der Waals surface area contributed by atoms with Crippen molar-refractivity contribution in [1.29, 1.82) is 0 Å². The highest BCUT2D eigenvalue weighted by Gasteiger charge is 2.45. The Morgan fingerprint density at radius 3 is 1.77 bits per heavy atom. The smallest absolute Gasteiger partial charge is 0.407 e. The third-order valence-corrected chi connectivity index (χ3v) is 18.6. The van der Waals surface area contributed by atoms with E-state index in [1.54, 1.807) is 34.0 Å². The van der Waals surface area contributed by atoms with Crippen LogP contribution in [0.15, 0.2) is 72.9 Å². The highest BCUT2D eigenvalue weighted by Crippen LogP contribution is 2.29. The van der Waals surface area contributed by atoms with Crippen LogP contribution < -0.4 is 20.9 Å². The van der Waals surface area contributed by atoms with Gasteiger partial charge in [-0.1, -0.05) is 137 Å². The van der Waals surface area contributed by atoms with Gasteiger partial charge in [-0.05, 0) is 98.4 Å². The maximum atomic E-state index is 15.8. The monoisotopic (exact) mass is 1310 g/mol. The number of likely N-dealkylation sites (N-methyl/N-ethyl adjacent to an activating group) is 4. The van der Waals surface area contributed by atoms with E-state index in [4.69, 9.17) is 4.98 Å². The van der Waals surface area contributed by atoms with Crippen molar-refractivity contribution < 1.29 is 58.2 Å². The van der Waals surface area contributed by atoms with Crippen LogP contribution in [0.2, 0.25) is 0 Å². The molecule has 3 heterocycles. The van der Waals surface area contributed by atoms with Gasteiger partial charge in [0.25, 0.3) is 0 Å². The molecule has 518 valence electrons. The van der Waals surface area contributed by atoms with Gasteiger partial charge in [-0.3, -0.25) is 43.2 Å². The van der Waals surface area contributed by atoms with Gasteiger partial charge >= 0.3 is 6.09 Å². The predicted molar refractivity (Wildman–Crippen MR) is 362 cm³/mol. The number of Topliss-reactive ketones (excluding diaryl/α,β-unsaturated/α-hetero) is 1. The molecule has 3 aromatic rings. The number of hydrogen-bond acceptors (Lipinski definition) is 13. The number of likely N-dealkylation sites (tertiary alicyclic amines) is 1. The lowest BCUT2D eigenvalue weighted by molar-refractivity contribution is -0.150. The third kappa shape index (κ3) is 20.0. The van der Waals surface area contributed by atoms with Crippen molar-refractivity contribution in [3.05, 3.63) is 84.1 Å². The summed E-state index contributed by atoms with van der Waals surface area (Å²) < 4.78 is 0. The van der Waals surface area contributed by atoms with Crippen molar-refractivity contribution in [1.82, 2.24) is 50.3 Å². The summed E-state index contributed by atoms with van der Waals surface area (Å²) in [5, 5.41) is 29.3. The fraction of sp³-hybridized carbons (Fsp3) is 0.620. The van der Waals surface area contributed by atoms with Crippen LogP contribution >= 0.6 is 0 Å². The number of piperazine rings is 1. The molecule has 0 spiro atoms. The van der Waals surface area contributed by atoms with Gasteiger partial charge in [0, 0.05) is 91.9 Å². The summed E-state index contributed by atoms with van der Waals surface area (Å²) in [6.07, 6.45) is 2.99. The molecule has 2 aliphatic heterocycles. The number of carbonyl (C=O) groups excluding carboxylic acids is 9. The summed E-state index contributed by atoms with van der Waals surface area (Å²) in [4.78, 5) is 158. The minimum atomic E-state index is -1.60. The second-order valence-electron chi connectivity index (χ2n) is 27.7. The number of benzene rings is 2. The molecule has 5 rings (SSSR count). The van der Waals surface area contributed by atoms with Gasteiger partial charge in [0.15, 0.2) is 5.78 Å². The minimum Gasteiger partial charge on any atom is -0.465 e. The third-order valence-electron chi connectivity index (χ3n) is 18.6. The quantitative estimate of drug-likeness (QED) is 0.0474. The van der Waals surface area contributed by atoms with Gasteiger partial charge in [0.2, 0.25) is 47.3 Å². The molecule has 2 aromatic carbocycles. The van der Waals surface area contributed by atoms with Gasteiger partial charge < -0.3 is 60.5 Å². The maximum absolute atomic E-state index is 15.8. The Kier molecular flexibility index (Phi) is 28.1. The molecule has 0 aliphatic carbocycles. The van der Waals surface area contributed by atoms with Gasteiger partial charge in [-0.2, -0.15) is 0 Å². The van der Waals surface area contributed by atoms with Gasteiger partial charge in [0.1, 0.15) is 54.2 Å². The molecule has 0 bridgehead atoms. The predicted octanol–water partition coefficient (Wildman–Crippen LogP) is 6.29. The average molecular weight is 1310 g/mol. The number of aromatic nitrogens is 1. The van der Waals surface area contributed by atoms with E-state index in [9.17, 15) is 39.0 Å². The number of anilines is 1. The van der Waals surface area contributed by atoms with Crippen LogP contribution in [0.25, 0.3) is 11.1 Å². The van der Waals surface area contributed by atoms with Crippen LogP contribution in [0, 0.1) is 29.6 Å². The number of ketones is 1. The number of rotatable bonds is 31. The first kappa shape index (κ1) is 76.8. The molecule has 0 saturated carbocycles. The SMILES string of the molecule is CC[C@H](C)CC(=O)N(C)[C@H](C(=O)N[C@@H](Cc1ccccc1)C(=O)N(C)[C@@H](Cc1cccc(-c2ccc(N3CCN(C(=O)O)CC3)nc2)c1)C(=O)N1CCC[C@H]1C(=O)N[C@H](C(=O)N(C)[C@H](C(=O)N[C@@H](CC(C)C)C(=O)N(C)[C@H](C(C)=O)C(C)(C)O)C(C)C)[C@@H](C)CC)C(C)C. The molecule has 9 amide bonds. The van der Waals surface area contributed by atoms with E-state index in [2.05, 4.69) is 16.0 Å². The molecule has 10 atom stereocenters. The van der Waals surface area contributed by atoms with Crippen LogP contribution in [0.4, 0.5) is 10.6 Å². The van der Waals surface area contributed by atoms with E-state index >= 15 is 19.2 Å². The van der Waals surface area contributed by atoms with Gasteiger partial charge in [0.05, 0.1) is 5.60 Å². The van der Waals surface area contributed by atoms with Crippen molar-refractivity contribution in [3.8, 4) is 11.1 Å². The lowest BCUT2D eigenvalue weighted by Crippen LogP contribution is -2.62. The Bertz CT molecular complexity index is 3090. The number of carbonyl (C=O) groups is 10. The lowest BCUT2D eigenvalue weighted by Gasteiger charge is -2.38. The zero-order valence-corrected chi connectivity index (χ0v) is 58.7. The van der Waals surface area contributed by atoms with Gasteiger partial charge in [-0.15, -0.1) is 0 Å². The highest BCUT2D eigenvalue weighted by molar-refractivity contribution is 5.99. The molecule has 1 aromatic heterocycles. The molecule has 2 saturated heterocycles. The molecule has 2 fully saturated rings. The van der Waals surface area contributed by atoms with E-state index in [1.807, 2.05) is 120 Å². The Hall–Kier alpha value is -7.95. The summed E-state index contributed by atoms with van der Waals surface area (Å²) in [5.41, 5.74) is 1.30. The van der Waals surface area contributed by atoms with Crippen molar-refractivity contribution in [2.24, 2.45) is 29.6 Å². The summed E-state index contributed by atoms with van der Waals surface area (Å²) >= 11 is 0. The average Bonchev–Trinajstić information content (AvgIpc) is 1.33. The first-order chi connectivity index (χ1) is 44.1. The van der Waals surface area contributed by atoms with Crippen LogP contribution in [-0.2, 0) is 56.0 Å².